The maximum absolute atomic E-state index is 5.08. The van der Waals surface area contributed by atoms with Crippen molar-refractivity contribution < 1.29 is 0 Å². The van der Waals surface area contributed by atoms with Gasteiger partial charge in [0.15, 0.2) is 34.9 Å². The Kier molecular flexibility index (Phi) is 11.6. The van der Waals surface area contributed by atoms with Crippen LogP contribution in [0.25, 0.3) is 90.6 Å². The Labute approximate surface area is 434 Å². The van der Waals surface area contributed by atoms with E-state index in [4.69, 9.17) is 29.9 Å². The molecule has 6 nitrogen and oxygen atoms in total. The Morgan fingerprint density at radius 1 is 0.216 bits per heavy atom. The molecule has 0 saturated carbocycles. The summed E-state index contributed by atoms with van der Waals surface area (Å²) in [7, 11) is 0. The van der Waals surface area contributed by atoms with Crippen molar-refractivity contribution in [2.24, 2.45) is 0 Å². The molecule has 0 aliphatic carbocycles. The maximum Gasteiger partial charge on any atom is 0.164 e. The lowest BCUT2D eigenvalue weighted by Gasteiger charge is -2.42. The van der Waals surface area contributed by atoms with E-state index in [1.165, 1.54) is 20.9 Å². The van der Waals surface area contributed by atoms with Crippen molar-refractivity contribution in [1.82, 2.24) is 29.9 Å². The minimum absolute atomic E-state index is 0.615. The molecule has 1 aliphatic heterocycles. The van der Waals surface area contributed by atoms with E-state index in [1.807, 2.05) is 133 Å². The predicted molar refractivity (Wildman–Crippen MR) is 299 cm³/mol. The molecule has 7 heteroatoms. The summed E-state index contributed by atoms with van der Waals surface area (Å²) in [6.45, 7) is 0. The topological polar surface area (TPSA) is 77.3 Å². The maximum atomic E-state index is 5.08. The number of aromatic nitrogens is 6. The minimum Gasteiger partial charge on any atom is -0.208 e. The van der Waals surface area contributed by atoms with Crippen molar-refractivity contribution >= 4 is 11.8 Å². The quantitative estimate of drug-likeness (QED) is 0.135. The first-order valence-electron chi connectivity index (χ1n) is 24.7. The molecule has 0 atom stereocenters. The van der Waals surface area contributed by atoms with Gasteiger partial charge < -0.3 is 0 Å². The van der Waals surface area contributed by atoms with Crippen LogP contribution in [0.15, 0.2) is 277 Å². The van der Waals surface area contributed by atoms with Crippen LogP contribution >= 0.6 is 11.8 Å². The van der Waals surface area contributed by atoms with Gasteiger partial charge >= 0.3 is 0 Å². The summed E-state index contributed by atoms with van der Waals surface area (Å²) in [4.78, 5) is 32.7. The molecule has 0 saturated heterocycles. The number of hydrogen-bond acceptors (Lipinski definition) is 7. The summed E-state index contributed by atoms with van der Waals surface area (Å²) < 4.78 is 0. The molecule has 74 heavy (non-hydrogen) atoms. The monoisotopic (exact) mass is 964 g/mol. The Morgan fingerprint density at radius 3 is 0.824 bits per heavy atom. The van der Waals surface area contributed by atoms with Gasteiger partial charge in [-0.05, 0) is 80.9 Å². The second-order valence-electron chi connectivity index (χ2n) is 18.2. The highest BCUT2D eigenvalue weighted by Crippen LogP contribution is 2.56. The zero-order valence-electron chi connectivity index (χ0n) is 40.0. The molecule has 10 aromatic carbocycles. The highest BCUT2D eigenvalue weighted by Gasteiger charge is 2.44. The molecule has 0 bridgehead atoms. The van der Waals surface area contributed by atoms with Gasteiger partial charge in [-0.1, -0.05) is 242 Å². The fourth-order valence-corrected chi connectivity index (χ4v) is 11.4. The number of rotatable bonds is 10. The van der Waals surface area contributed by atoms with Crippen LogP contribution in [0.5, 0.6) is 0 Å². The first-order chi connectivity index (χ1) is 36.6. The van der Waals surface area contributed by atoms with Gasteiger partial charge in [-0.3, -0.25) is 0 Å². The van der Waals surface area contributed by atoms with Gasteiger partial charge in [0.2, 0.25) is 0 Å². The van der Waals surface area contributed by atoms with Crippen LogP contribution in [0.1, 0.15) is 22.3 Å². The Hall–Kier alpha value is -9.43. The van der Waals surface area contributed by atoms with Crippen LogP contribution < -0.4 is 0 Å². The number of nitrogens with zero attached hydrogens (tertiary/aromatic N) is 6. The van der Waals surface area contributed by atoms with E-state index >= 15 is 0 Å². The zero-order valence-corrected chi connectivity index (χ0v) is 40.8. The number of hydrogen-bond donors (Lipinski definition) is 0. The van der Waals surface area contributed by atoms with Gasteiger partial charge in [-0.15, -0.1) is 0 Å². The van der Waals surface area contributed by atoms with Crippen LogP contribution in [0.3, 0.4) is 0 Å². The van der Waals surface area contributed by atoms with Crippen LogP contribution in [-0.2, 0) is 5.41 Å². The van der Waals surface area contributed by atoms with E-state index in [0.29, 0.717) is 34.9 Å². The fraction of sp³-hybridized carbons (Fsp3) is 0.0149. The molecule has 1 aliphatic rings. The van der Waals surface area contributed by atoms with Crippen molar-refractivity contribution in [3.8, 4) is 90.6 Å². The number of fused-ring (bicyclic) bond motifs is 2. The summed E-state index contributed by atoms with van der Waals surface area (Å²) >= 11 is 1.83. The molecular formula is C67H44N6S. The zero-order chi connectivity index (χ0) is 49.3. The molecule has 12 aromatic rings. The van der Waals surface area contributed by atoms with E-state index in [-0.39, 0.29) is 0 Å². The summed E-state index contributed by atoms with van der Waals surface area (Å²) in [6, 6.07) is 93.5. The highest BCUT2D eigenvalue weighted by molar-refractivity contribution is 7.99. The largest absolute Gasteiger partial charge is 0.208 e. The van der Waals surface area contributed by atoms with Crippen LogP contribution in [0, 0.1) is 0 Å². The third-order valence-electron chi connectivity index (χ3n) is 13.7. The molecule has 3 heterocycles. The molecular weight excluding hydrogens is 921 g/mol. The number of benzene rings is 10. The lowest BCUT2D eigenvalue weighted by molar-refractivity contribution is 0.703. The van der Waals surface area contributed by atoms with E-state index in [1.54, 1.807) is 0 Å². The van der Waals surface area contributed by atoms with Gasteiger partial charge in [0.05, 0.1) is 5.41 Å². The van der Waals surface area contributed by atoms with E-state index < -0.39 is 5.41 Å². The van der Waals surface area contributed by atoms with Crippen LogP contribution in [0.2, 0.25) is 0 Å². The summed E-state index contributed by atoms with van der Waals surface area (Å²) in [5.41, 5.74) is 13.9. The van der Waals surface area contributed by atoms with Crippen molar-refractivity contribution in [2.75, 3.05) is 0 Å². The Morgan fingerprint density at radius 2 is 0.473 bits per heavy atom. The SMILES string of the molecule is c1ccc(-c2nc(-c3ccccc3)nc(-c3cccc(-c4cccc(C5(c6cccc(-c7cccc(-c8nc(-c9ccccc9)nc(-c9ccccc9)n8)c7)c6)c6ccccc6Sc6ccccc65)c4)c3)n2)cc1. The molecule has 13 rings (SSSR count). The Bertz CT molecular complexity index is 3620. The standard InChI is InChI=1S/C67H44N6S/c1-5-21-45(22-6-1)61-68-62(46-23-7-2-8-24-46)71-65(70-61)53-33-17-29-49(41-53)51-31-19-35-55(43-51)67(57-37-13-15-39-59(57)74-60-40-16-14-38-58(60)67)56-36-20-32-52(44-56)50-30-18-34-54(42-50)66-72-63(47-25-9-3-10-26-47)69-64(73-66)48-27-11-4-12-28-48/h1-44H. The van der Waals surface area contributed by atoms with Crippen molar-refractivity contribution in [1.29, 1.82) is 0 Å². The summed E-state index contributed by atoms with van der Waals surface area (Å²) in [5.74, 6) is 3.75. The Balaban J connectivity index is 0.945. The second-order valence-corrected chi connectivity index (χ2v) is 19.3. The van der Waals surface area contributed by atoms with Gasteiger partial charge in [0.25, 0.3) is 0 Å². The summed E-state index contributed by atoms with van der Waals surface area (Å²) in [5, 5.41) is 0. The van der Waals surface area contributed by atoms with Crippen LogP contribution in [-0.4, -0.2) is 29.9 Å². The highest BCUT2D eigenvalue weighted by atomic mass is 32.2. The van der Waals surface area contributed by atoms with Crippen molar-refractivity contribution in [3.63, 3.8) is 0 Å². The average Bonchev–Trinajstić information content (AvgIpc) is 3.49. The fourth-order valence-electron chi connectivity index (χ4n) is 10.2. The first kappa shape index (κ1) is 44.5. The first-order valence-corrected chi connectivity index (χ1v) is 25.5. The molecule has 2 aromatic heterocycles. The smallest absolute Gasteiger partial charge is 0.164 e. The minimum atomic E-state index is -0.688. The second kappa shape index (κ2) is 19.3. The molecule has 0 amide bonds. The molecule has 0 fully saturated rings. The van der Waals surface area contributed by atoms with E-state index in [0.717, 1.165) is 66.8 Å². The lowest BCUT2D eigenvalue weighted by Crippen LogP contribution is -2.34. The van der Waals surface area contributed by atoms with Crippen molar-refractivity contribution in [3.05, 3.63) is 289 Å². The third kappa shape index (κ3) is 8.35. The lowest BCUT2D eigenvalue weighted by atomic mass is 9.64. The predicted octanol–water partition coefficient (Wildman–Crippen LogP) is 16.2. The normalized spacial score (nSPS) is 12.4. The molecule has 0 N–H and O–H groups in total. The molecule has 0 radical (unpaired) electrons. The third-order valence-corrected chi connectivity index (χ3v) is 14.9. The van der Waals surface area contributed by atoms with Gasteiger partial charge in [-0.2, -0.15) is 0 Å². The van der Waals surface area contributed by atoms with Gasteiger partial charge in [0.1, 0.15) is 0 Å². The van der Waals surface area contributed by atoms with E-state index in [9.17, 15) is 0 Å². The molecule has 0 spiro atoms. The molecule has 0 unspecified atom stereocenters. The average molecular weight is 965 g/mol. The van der Waals surface area contributed by atoms with Gasteiger partial charge in [-0.25, -0.2) is 29.9 Å². The van der Waals surface area contributed by atoms with Crippen LogP contribution in [0.4, 0.5) is 0 Å². The molecule has 348 valence electrons. The summed E-state index contributed by atoms with van der Waals surface area (Å²) in [6.07, 6.45) is 0. The van der Waals surface area contributed by atoms with Crippen molar-refractivity contribution in [2.45, 2.75) is 15.2 Å². The van der Waals surface area contributed by atoms with E-state index in [2.05, 4.69) is 146 Å². The van der Waals surface area contributed by atoms with Gasteiger partial charge in [0, 0.05) is 43.2 Å².